The van der Waals surface area contributed by atoms with E-state index >= 15 is 0 Å². The van der Waals surface area contributed by atoms with Gasteiger partial charge in [0.1, 0.15) is 0 Å². The van der Waals surface area contributed by atoms with Gasteiger partial charge < -0.3 is 0 Å². The van der Waals surface area contributed by atoms with Gasteiger partial charge in [-0.2, -0.15) is 0 Å². The van der Waals surface area contributed by atoms with Crippen molar-refractivity contribution in [1.29, 1.82) is 0 Å². The minimum atomic E-state index is 0.505. The van der Waals surface area contributed by atoms with Gasteiger partial charge in [-0.25, -0.2) is 4.89 Å². The zero-order valence-corrected chi connectivity index (χ0v) is 9.80. The van der Waals surface area contributed by atoms with Crippen LogP contribution in [-0.4, -0.2) is 11.9 Å². The molecular formula is C12H26O2. The van der Waals surface area contributed by atoms with E-state index in [0.29, 0.717) is 12.5 Å². The van der Waals surface area contributed by atoms with Crippen molar-refractivity contribution in [3.8, 4) is 0 Å². The van der Waals surface area contributed by atoms with E-state index in [9.17, 15) is 0 Å². The third kappa shape index (κ3) is 8.52. The molecule has 0 bridgehead atoms. The Bertz CT molecular complexity index is 104. The molecule has 0 heterocycles. The quantitative estimate of drug-likeness (QED) is 0.326. The molecule has 14 heavy (non-hydrogen) atoms. The van der Waals surface area contributed by atoms with Crippen LogP contribution in [0.5, 0.6) is 0 Å². The molecule has 0 aromatic carbocycles. The van der Waals surface area contributed by atoms with Gasteiger partial charge in [0.2, 0.25) is 0 Å². The van der Waals surface area contributed by atoms with Crippen LogP contribution in [0.2, 0.25) is 0 Å². The summed E-state index contributed by atoms with van der Waals surface area (Å²) in [7, 11) is 0. The average Bonchev–Trinajstić information content (AvgIpc) is 2.21. The molecule has 0 aliphatic rings. The molecule has 1 unspecified atom stereocenters. The van der Waals surface area contributed by atoms with Gasteiger partial charge in [-0.05, 0) is 12.3 Å². The second-order valence-electron chi connectivity index (χ2n) is 4.13. The van der Waals surface area contributed by atoms with Crippen molar-refractivity contribution in [3.05, 3.63) is 0 Å². The summed E-state index contributed by atoms with van der Waals surface area (Å²) in [5, 5.41) is 8.34. The van der Waals surface area contributed by atoms with Crippen LogP contribution in [0.25, 0.3) is 0 Å². The molecule has 1 atom stereocenters. The summed E-state index contributed by atoms with van der Waals surface area (Å²) in [6, 6.07) is 0. The molecule has 2 heteroatoms. The molecule has 0 rings (SSSR count). The van der Waals surface area contributed by atoms with E-state index < -0.39 is 0 Å². The summed E-state index contributed by atoms with van der Waals surface area (Å²) in [4.78, 5) is 4.19. The summed E-state index contributed by atoms with van der Waals surface area (Å²) in [5.41, 5.74) is 0. The Morgan fingerprint density at radius 2 is 1.64 bits per heavy atom. The van der Waals surface area contributed by atoms with Crippen LogP contribution in [0.3, 0.4) is 0 Å². The van der Waals surface area contributed by atoms with Gasteiger partial charge >= 0.3 is 0 Å². The monoisotopic (exact) mass is 202 g/mol. The SMILES string of the molecule is CCCCCCCCC(CC)COO. The Kier molecular flexibility index (Phi) is 10.9. The zero-order valence-electron chi connectivity index (χ0n) is 9.80. The fourth-order valence-corrected chi connectivity index (χ4v) is 1.72. The molecule has 0 aromatic rings. The first-order valence-electron chi connectivity index (χ1n) is 6.11. The Morgan fingerprint density at radius 3 is 2.21 bits per heavy atom. The highest BCUT2D eigenvalue weighted by Crippen LogP contribution is 2.15. The van der Waals surface area contributed by atoms with Gasteiger partial charge in [0.15, 0.2) is 0 Å². The van der Waals surface area contributed by atoms with Gasteiger partial charge in [0, 0.05) is 0 Å². The molecule has 0 amide bonds. The largest absolute Gasteiger partial charge is 0.252 e. The van der Waals surface area contributed by atoms with Crippen molar-refractivity contribution in [2.75, 3.05) is 6.61 Å². The van der Waals surface area contributed by atoms with Gasteiger partial charge in [-0.3, -0.25) is 5.26 Å². The molecule has 1 N–H and O–H groups in total. The van der Waals surface area contributed by atoms with Crippen LogP contribution in [0.4, 0.5) is 0 Å². The Morgan fingerprint density at radius 1 is 1.00 bits per heavy atom. The second kappa shape index (κ2) is 11.0. The first-order chi connectivity index (χ1) is 6.85. The molecule has 0 saturated heterocycles. The van der Waals surface area contributed by atoms with Crippen molar-refractivity contribution < 1.29 is 10.1 Å². The van der Waals surface area contributed by atoms with Crippen molar-refractivity contribution >= 4 is 0 Å². The average molecular weight is 202 g/mol. The van der Waals surface area contributed by atoms with Crippen LogP contribution in [-0.2, 0) is 4.89 Å². The van der Waals surface area contributed by atoms with Crippen LogP contribution in [0, 0.1) is 5.92 Å². The molecular weight excluding hydrogens is 176 g/mol. The van der Waals surface area contributed by atoms with E-state index in [2.05, 4.69) is 18.7 Å². The predicted octanol–water partition coefficient (Wildman–Crippen LogP) is 4.25. The van der Waals surface area contributed by atoms with E-state index in [1.165, 1.54) is 44.9 Å². The van der Waals surface area contributed by atoms with Crippen molar-refractivity contribution in [3.63, 3.8) is 0 Å². The summed E-state index contributed by atoms with van der Waals surface area (Å²) < 4.78 is 0. The molecule has 0 aliphatic carbocycles. The van der Waals surface area contributed by atoms with Crippen LogP contribution < -0.4 is 0 Å². The lowest BCUT2D eigenvalue weighted by molar-refractivity contribution is -0.251. The highest BCUT2D eigenvalue weighted by Gasteiger charge is 2.05. The maximum atomic E-state index is 8.34. The fraction of sp³-hybridized carbons (Fsp3) is 1.00. The fourth-order valence-electron chi connectivity index (χ4n) is 1.72. The topological polar surface area (TPSA) is 29.5 Å². The normalized spacial score (nSPS) is 13.1. The Labute approximate surface area is 88.6 Å². The molecule has 0 saturated carbocycles. The van der Waals surface area contributed by atoms with Gasteiger partial charge in [-0.15, -0.1) is 0 Å². The lowest BCUT2D eigenvalue weighted by Crippen LogP contribution is -2.06. The number of rotatable bonds is 10. The molecule has 2 nitrogen and oxygen atoms in total. The third-order valence-electron chi connectivity index (χ3n) is 2.85. The molecule has 0 fully saturated rings. The summed E-state index contributed by atoms with van der Waals surface area (Å²) >= 11 is 0. The molecule has 0 spiro atoms. The first kappa shape index (κ1) is 13.9. The molecule has 86 valence electrons. The molecule has 0 radical (unpaired) electrons. The van der Waals surface area contributed by atoms with Crippen LogP contribution in [0.15, 0.2) is 0 Å². The zero-order chi connectivity index (χ0) is 10.6. The lowest BCUT2D eigenvalue weighted by atomic mass is 9.99. The van der Waals surface area contributed by atoms with Crippen LogP contribution in [0.1, 0.15) is 65.2 Å². The summed E-state index contributed by atoms with van der Waals surface area (Å²) in [6.45, 7) is 4.90. The summed E-state index contributed by atoms with van der Waals surface area (Å²) in [5.74, 6) is 0.547. The smallest absolute Gasteiger partial charge is 0.0847 e. The maximum absolute atomic E-state index is 8.34. The van der Waals surface area contributed by atoms with E-state index in [1.54, 1.807) is 0 Å². The number of unbranched alkanes of at least 4 members (excludes halogenated alkanes) is 5. The second-order valence-corrected chi connectivity index (χ2v) is 4.13. The Hall–Kier alpha value is -0.0800. The molecule has 0 aliphatic heterocycles. The summed E-state index contributed by atoms with van der Waals surface area (Å²) in [6.07, 6.45) is 10.4. The van der Waals surface area contributed by atoms with E-state index in [1.807, 2.05) is 0 Å². The van der Waals surface area contributed by atoms with Crippen LogP contribution >= 0.6 is 0 Å². The van der Waals surface area contributed by atoms with Gasteiger partial charge in [0.25, 0.3) is 0 Å². The minimum Gasteiger partial charge on any atom is -0.252 e. The van der Waals surface area contributed by atoms with Gasteiger partial charge in [0.05, 0.1) is 6.61 Å². The highest BCUT2D eigenvalue weighted by molar-refractivity contribution is 4.56. The van der Waals surface area contributed by atoms with Crippen molar-refractivity contribution in [1.82, 2.24) is 0 Å². The lowest BCUT2D eigenvalue weighted by Gasteiger charge is -2.11. The standard InChI is InChI=1S/C12H26O2/c1-3-5-6-7-8-9-10-12(4-2)11-14-13/h12-13H,3-11H2,1-2H3. The van der Waals surface area contributed by atoms with Gasteiger partial charge in [-0.1, -0.05) is 58.8 Å². The van der Waals surface area contributed by atoms with E-state index in [-0.39, 0.29) is 0 Å². The maximum Gasteiger partial charge on any atom is 0.0847 e. The minimum absolute atomic E-state index is 0.505. The molecule has 0 aromatic heterocycles. The van der Waals surface area contributed by atoms with Crippen molar-refractivity contribution in [2.45, 2.75) is 65.2 Å². The van der Waals surface area contributed by atoms with E-state index in [0.717, 1.165) is 6.42 Å². The number of hydrogen-bond donors (Lipinski definition) is 1. The third-order valence-corrected chi connectivity index (χ3v) is 2.85. The van der Waals surface area contributed by atoms with E-state index in [4.69, 9.17) is 5.26 Å². The highest BCUT2D eigenvalue weighted by atomic mass is 17.1. The van der Waals surface area contributed by atoms with Crippen molar-refractivity contribution in [2.24, 2.45) is 5.92 Å². The first-order valence-corrected chi connectivity index (χ1v) is 6.11. The predicted molar refractivity (Wildman–Crippen MR) is 60.4 cm³/mol. The number of hydrogen-bond acceptors (Lipinski definition) is 2. The Balaban J connectivity index is 3.15.